The third-order valence-electron chi connectivity index (χ3n) is 4.09. The van der Waals surface area contributed by atoms with Crippen LogP contribution in [0, 0.1) is 0 Å². The summed E-state index contributed by atoms with van der Waals surface area (Å²) in [5.74, 6) is -0.0913. The number of benzene rings is 2. The van der Waals surface area contributed by atoms with Crippen LogP contribution < -0.4 is 10.2 Å². The first-order chi connectivity index (χ1) is 11.2. The summed E-state index contributed by atoms with van der Waals surface area (Å²) in [5, 5.41) is 2.87. The topological polar surface area (TPSA) is 49.4 Å². The summed E-state index contributed by atoms with van der Waals surface area (Å²) in [6.07, 6.45) is 1.75. The monoisotopic (exact) mass is 308 g/mol. The molecule has 1 fully saturated rings. The van der Waals surface area contributed by atoms with E-state index in [1.807, 2.05) is 60.7 Å². The van der Waals surface area contributed by atoms with Crippen LogP contribution in [-0.2, 0) is 16.0 Å². The van der Waals surface area contributed by atoms with Gasteiger partial charge in [-0.05, 0) is 30.5 Å². The molecular formula is C19H20N2O2. The highest BCUT2D eigenvalue weighted by Gasteiger charge is 2.33. The Balaban J connectivity index is 1.52. The van der Waals surface area contributed by atoms with Crippen LogP contribution >= 0.6 is 0 Å². The van der Waals surface area contributed by atoms with Gasteiger partial charge in [0, 0.05) is 18.7 Å². The molecule has 1 N–H and O–H groups in total. The molecule has 1 aliphatic rings. The Kier molecular flexibility index (Phi) is 4.71. The van der Waals surface area contributed by atoms with E-state index in [2.05, 4.69) is 5.32 Å². The number of para-hydroxylation sites is 1. The molecule has 0 radical (unpaired) electrons. The molecule has 118 valence electrons. The molecule has 23 heavy (non-hydrogen) atoms. The lowest BCUT2D eigenvalue weighted by atomic mass is 10.1. The Morgan fingerprint density at radius 2 is 1.70 bits per heavy atom. The molecule has 2 aromatic carbocycles. The number of nitrogens with zero attached hydrogens (tertiary/aromatic N) is 1. The van der Waals surface area contributed by atoms with Crippen LogP contribution in [0.4, 0.5) is 5.69 Å². The molecule has 1 unspecified atom stereocenters. The largest absolute Gasteiger partial charge is 0.344 e. The van der Waals surface area contributed by atoms with Crippen molar-refractivity contribution in [1.82, 2.24) is 5.32 Å². The zero-order valence-electron chi connectivity index (χ0n) is 12.9. The van der Waals surface area contributed by atoms with Gasteiger partial charge in [-0.25, -0.2) is 0 Å². The number of hydrogen-bond donors (Lipinski definition) is 1. The summed E-state index contributed by atoms with van der Waals surface area (Å²) in [6.45, 7) is 0.645. The van der Waals surface area contributed by atoms with Crippen LogP contribution in [0.3, 0.4) is 0 Å². The molecule has 0 aliphatic carbocycles. The lowest BCUT2D eigenvalue weighted by Crippen LogP contribution is -2.41. The van der Waals surface area contributed by atoms with Crippen molar-refractivity contribution >= 4 is 17.5 Å². The summed E-state index contributed by atoms with van der Waals surface area (Å²) in [7, 11) is 0. The molecule has 0 saturated carbocycles. The molecule has 4 nitrogen and oxygen atoms in total. The number of amides is 2. The molecule has 0 spiro atoms. The fraction of sp³-hybridized carbons (Fsp3) is 0.263. The Morgan fingerprint density at radius 1 is 1.04 bits per heavy atom. The number of anilines is 1. The zero-order chi connectivity index (χ0) is 16.1. The minimum absolute atomic E-state index is 0.0238. The number of aryl methyl sites for hydroxylation is 1. The van der Waals surface area contributed by atoms with Gasteiger partial charge >= 0.3 is 0 Å². The third-order valence-corrected chi connectivity index (χ3v) is 4.09. The number of nitrogens with one attached hydrogen (secondary N) is 1. The number of carbonyl (C=O) groups is 2. The lowest BCUT2D eigenvalue weighted by Gasteiger charge is -2.17. The number of carbonyl (C=O) groups excluding carboxylic acids is 2. The maximum absolute atomic E-state index is 12.4. The van der Waals surface area contributed by atoms with E-state index in [0.717, 1.165) is 11.3 Å². The second kappa shape index (κ2) is 7.09. The first-order valence-electron chi connectivity index (χ1n) is 7.94. The summed E-state index contributed by atoms with van der Waals surface area (Å²) in [5.41, 5.74) is 2.02. The van der Waals surface area contributed by atoms with Gasteiger partial charge < -0.3 is 10.2 Å². The average molecular weight is 308 g/mol. The zero-order valence-corrected chi connectivity index (χ0v) is 12.9. The van der Waals surface area contributed by atoms with Crippen molar-refractivity contribution in [1.29, 1.82) is 0 Å². The maximum Gasteiger partial charge on any atom is 0.249 e. The van der Waals surface area contributed by atoms with Gasteiger partial charge in [0.1, 0.15) is 6.04 Å². The summed E-state index contributed by atoms with van der Waals surface area (Å²) >= 11 is 0. The van der Waals surface area contributed by atoms with E-state index in [0.29, 0.717) is 25.8 Å². The molecule has 4 heteroatoms. The van der Waals surface area contributed by atoms with Crippen molar-refractivity contribution in [2.45, 2.75) is 25.3 Å². The van der Waals surface area contributed by atoms with Gasteiger partial charge in [0.2, 0.25) is 11.8 Å². The minimum Gasteiger partial charge on any atom is -0.344 e. The molecule has 1 heterocycles. The van der Waals surface area contributed by atoms with Crippen LogP contribution in [0.1, 0.15) is 18.4 Å². The number of rotatable bonds is 5. The Morgan fingerprint density at radius 3 is 2.39 bits per heavy atom. The van der Waals surface area contributed by atoms with E-state index in [1.54, 1.807) is 4.90 Å². The number of hydrogen-bond acceptors (Lipinski definition) is 2. The van der Waals surface area contributed by atoms with Crippen LogP contribution in [0.25, 0.3) is 0 Å². The first kappa shape index (κ1) is 15.3. The molecule has 0 bridgehead atoms. The van der Waals surface area contributed by atoms with E-state index in [4.69, 9.17) is 0 Å². The molecule has 3 rings (SSSR count). The molecule has 1 aliphatic heterocycles. The van der Waals surface area contributed by atoms with Gasteiger partial charge in [0.25, 0.3) is 0 Å². The molecule has 2 aromatic rings. The van der Waals surface area contributed by atoms with Crippen LogP contribution in [0.5, 0.6) is 0 Å². The Hall–Kier alpha value is -2.62. The molecule has 1 atom stereocenters. The van der Waals surface area contributed by atoms with Crippen LogP contribution in [0.15, 0.2) is 60.7 Å². The van der Waals surface area contributed by atoms with Gasteiger partial charge in [-0.1, -0.05) is 48.5 Å². The summed E-state index contributed by atoms with van der Waals surface area (Å²) in [4.78, 5) is 26.2. The SMILES string of the molecule is O=C(CCc1ccccc1)NC1CCN(c2ccccc2)C1=O. The van der Waals surface area contributed by atoms with Crippen molar-refractivity contribution < 1.29 is 9.59 Å². The first-order valence-corrected chi connectivity index (χ1v) is 7.94. The van der Waals surface area contributed by atoms with Gasteiger partial charge in [0.05, 0.1) is 0 Å². The van der Waals surface area contributed by atoms with Crippen molar-refractivity contribution in [3.8, 4) is 0 Å². The van der Waals surface area contributed by atoms with Crippen molar-refractivity contribution in [2.75, 3.05) is 11.4 Å². The fourth-order valence-electron chi connectivity index (χ4n) is 2.85. The highest BCUT2D eigenvalue weighted by atomic mass is 16.2. The quantitative estimate of drug-likeness (QED) is 0.923. The second-order valence-corrected chi connectivity index (χ2v) is 5.72. The van der Waals surface area contributed by atoms with Gasteiger partial charge in [-0.2, -0.15) is 0 Å². The van der Waals surface area contributed by atoms with Gasteiger partial charge in [0.15, 0.2) is 0 Å². The smallest absolute Gasteiger partial charge is 0.249 e. The van der Waals surface area contributed by atoms with E-state index in [9.17, 15) is 9.59 Å². The van der Waals surface area contributed by atoms with Crippen molar-refractivity contribution in [2.24, 2.45) is 0 Å². The van der Waals surface area contributed by atoms with Gasteiger partial charge in [-0.15, -0.1) is 0 Å². The highest BCUT2D eigenvalue weighted by molar-refractivity contribution is 6.01. The van der Waals surface area contributed by atoms with E-state index < -0.39 is 6.04 Å². The van der Waals surface area contributed by atoms with Crippen molar-refractivity contribution in [3.63, 3.8) is 0 Å². The minimum atomic E-state index is -0.404. The van der Waals surface area contributed by atoms with Gasteiger partial charge in [-0.3, -0.25) is 9.59 Å². The molecule has 0 aromatic heterocycles. The predicted molar refractivity (Wildman–Crippen MR) is 90.1 cm³/mol. The fourth-order valence-corrected chi connectivity index (χ4v) is 2.85. The Bertz CT molecular complexity index is 670. The highest BCUT2D eigenvalue weighted by Crippen LogP contribution is 2.21. The van der Waals surface area contributed by atoms with E-state index in [1.165, 1.54) is 0 Å². The summed E-state index contributed by atoms with van der Waals surface area (Å²) in [6, 6.07) is 19.1. The molecule has 2 amide bonds. The molecule has 1 saturated heterocycles. The third kappa shape index (κ3) is 3.77. The van der Waals surface area contributed by atoms with E-state index >= 15 is 0 Å². The standard InChI is InChI=1S/C19H20N2O2/c22-18(12-11-15-7-3-1-4-8-15)20-17-13-14-21(19(17)23)16-9-5-2-6-10-16/h1-10,17H,11-14H2,(H,20,22). The lowest BCUT2D eigenvalue weighted by molar-refractivity contribution is -0.126. The predicted octanol–water partition coefficient (Wildman–Crippen LogP) is 2.54. The normalized spacial score (nSPS) is 17.3. The summed E-state index contributed by atoms with van der Waals surface area (Å²) < 4.78 is 0. The maximum atomic E-state index is 12.4. The van der Waals surface area contributed by atoms with E-state index in [-0.39, 0.29) is 11.8 Å². The molecular weight excluding hydrogens is 288 g/mol. The Labute approximate surface area is 136 Å². The van der Waals surface area contributed by atoms with Crippen LogP contribution in [0.2, 0.25) is 0 Å². The average Bonchev–Trinajstić information content (AvgIpc) is 2.95. The van der Waals surface area contributed by atoms with Crippen LogP contribution in [-0.4, -0.2) is 24.4 Å². The van der Waals surface area contributed by atoms with Crippen molar-refractivity contribution in [3.05, 3.63) is 66.2 Å². The second-order valence-electron chi connectivity index (χ2n) is 5.72.